The van der Waals surface area contributed by atoms with Gasteiger partial charge in [0.25, 0.3) is 0 Å². The van der Waals surface area contributed by atoms with Crippen LogP contribution in [-0.4, -0.2) is 12.2 Å². The van der Waals surface area contributed by atoms with Crippen LogP contribution in [0.1, 0.15) is 13.3 Å². The summed E-state index contributed by atoms with van der Waals surface area (Å²) in [5.41, 5.74) is 0.488. The van der Waals surface area contributed by atoms with E-state index in [0.29, 0.717) is 18.4 Å². The van der Waals surface area contributed by atoms with Gasteiger partial charge in [-0.05, 0) is 30.7 Å². The largest absolute Gasteiger partial charge is 0.325 e. The maximum absolute atomic E-state index is 12.5. The lowest BCUT2D eigenvalue weighted by atomic mass is 10.1. The second-order valence-corrected chi connectivity index (χ2v) is 3.15. The number of carbonyl (C=O) groups is 2. The number of anilines is 1. The van der Waals surface area contributed by atoms with Crippen LogP contribution in [0.5, 0.6) is 0 Å². The summed E-state index contributed by atoms with van der Waals surface area (Å²) < 4.78 is 12.5. The van der Waals surface area contributed by atoms with Gasteiger partial charge in [-0.2, -0.15) is 0 Å². The van der Waals surface area contributed by atoms with Gasteiger partial charge in [0.1, 0.15) is 12.1 Å². The minimum atomic E-state index is -0.643. The Bertz CT molecular complexity index is 348. The van der Waals surface area contributed by atoms with Crippen molar-refractivity contribution in [3.05, 3.63) is 30.1 Å². The van der Waals surface area contributed by atoms with Crippen molar-refractivity contribution in [2.24, 2.45) is 5.92 Å². The standard InChI is InChI=1S/C11H12FNO2/c1-2-8(7-14)11(15)13-10-5-3-9(12)4-6-10/h3-8H,2H2,1H3,(H,13,15). The molecule has 1 N–H and O–H groups in total. The number of aldehydes is 1. The number of carbonyl (C=O) groups excluding carboxylic acids is 2. The molecule has 0 bridgehead atoms. The highest BCUT2D eigenvalue weighted by molar-refractivity contribution is 6.00. The van der Waals surface area contributed by atoms with Crippen LogP contribution < -0.4 is 5.32 Å². The van der Waals surface area contributed by atoms with Gasteiger partial charge in [-0.15, -0.1) is 0 Å². The molecule has 0 aliphatic carbocycles. The van der Waals surface area contributed by atoms with Gasteiger partial charge in [0.2, 0.25) is 5.91 Å². The summed E-state index contributed by atoms with van der Waals surface area (Å²) in [7, 11) is 0. The van der Waals surface area contributed by atoms with Gasteiger partial charge in [0.15, 0.2) is 0 Å². The summed E-state index contributed by atoms with van der Waals surface area (Å²) in [5.74, 6) is -1.37. The van der Waals surface area contributed by atoms with Crippen molar-refractivity contribution in [3.63, 3.8) is 0 Å². The van der Waals surface area contributed by atoms with Crippen LogP contribution in [0.2, 0.25) is 0 Å². The number of hydrogen-bond donors (Lipinski definition) is 1. The number of amides is 1. The van der Waals surface area contributed by atoms with Crippen LogP contribution in [0.15, 0.2) is 24.3 Å². The van der Waals surface area contributed by atoms with E-state index in [9.17, 15) is 14.0 Å². The smallest absolute Gasteiger partial charge is 0.234 e. The maximum Gasteiger partial charge on any atom is 0.234 e. The minimum Gasteiger partial charge on any atom is -0.325 e. The predicted molar refractivity (Wildman–Crippen MR) is 54.9 cm³/mol. The third kappa shape index (κ3) is 3.16. The summed E-state index contributed by atoms with van der Waals surface area (Å²) >= 11 is 0. The SMILES string of the molecule is CCC(C=O)C(=O)Nc1ccc(F)cc1. The summed E-state index contributed by atoms with van der Waals surface area (Å²) in [6.45, 7) is 1.75. The molecule has 1 aromatic carbocycles. The lowest BCUT2D eigenvalue weighted by molar-refractivity contribution is -0.125. The zero-order chi connectivity index (χ0) is 11.3. The number of benzene rings is 1. The van der Waals surface area contributed by atoms with E-state index in [1.54, 1.807) is 6.92 Å². The minimum absolute atomic E-state index is 0.362. The molecule has 0 aliphatic heterocycles. The molecule has 1 aromatic rings. The van der Waals surface area contributed by atoms with Gasteiger partial charge < -0.3 is 10.1 Å². The predicted octanol–water partition coefficient (Wildman–Crippen LogP) is 1.99. The fourth-order valence-electron chi connectivity index (χ4n) is 1.11. The molecule has 1 amide bonds. The topological polar surface area (TPSA) is 46.2 Å². The molecule has 0 aromatic heterocycles. The van der Waals surface area contributed by atoms with Gasteiger partial charge in [0.05, 0.1) is 5.92 Å². The number of nitrogens with one attached hydrogen (secondary N) is 1. The van der Waals surface area contributed by atoms with E-state index in [0.717, 1.165) is 0 Å². The zero-order valence-corrected chi connectivity index (χ0v) is 8.37. The molecule has 0 saturated carbocycles. The van der Waals surface area contributed by atoms with Crippen molar-refractivity contribution in [2.45, 2.75) is 13.3 Å². The first-order chi connectivity index (χ1) is 7.17. The van der Waals surface area contributed by atoms with Crippen molar-refractivity contribution < 1.29 is 14.0 Å². The molecule has 0 radical (unpaired) electrons. The molecule has 0 aliphatic rings. The van der Waals surface area contributed by atoms with Crippen molar-refractivity contribution in [1.82, 2.24) is 0 Å². The van der Waals surface area contributed by atoms with E-state index >= 15 is 0 Å². The second kappa shape index (κ2) is 5.24. The Morgan fingerprint density at radius 3 is 2.53 bits per heavy atom. The molecule has 0 heterocycles. The lowest BCUT2D eigenvalue weighted by Gasteiger charge is -2.08. The quantitative estimate of drug-likeness (QED) is 0.608. The Morgan fingerprint density at radius 2 is 2.07 bits per heavy atom. The van der Waals surface area contributed by atoms with Crippen molar-refractivity contribution in [3.8, 4) is 0 Å². The van der Waals surface area contributed by atoms with E-state index in [1.807, 2.05) is 0 Å². The molecular weight excluding hydrogens is 197 g/mol. The highest BCUT2D eigenvalue weighted by Crippen LogP contribution is 2.10. The molecule has 0 spiro atoms. The van der Waals surface area contributed by atoms with Crippen LogP contribution in [0.25, 0.3) is 0 Å². The molecule has 1 atom stereocenters. The van der Waals surface area contributed by atoms with E-state index in [2.05, 4.69) is 5.32 Å². The average Bonchev–Trinajstić information content (AvgIpc) is 2.23. The van der Waals surface area contributed by atoms with Crippen molar-refractivity contribution in [2.75, 3.05) is 5.32 Å². The van der Waals surface area contributed by atoms with Crippen LogP contribution in [0, 0.1) is 11.7 Å². The van der Waals surface area contributed by atoms with Crippen molar-refractivity contribution >= 4 is 17.9 Å². The summed E-state index contributed by atoms with van der Waals surface area (Å²) in [6, 6.07) is 5.39. The molecule has 80 valence electrons. The molecule has 0 saturated heterocycles. The average molecular weight is 209 g/mol. The Labute approximate surface area is 87.3 Å². The Kier molecular flexibility index (Phi) is 3.97. The Balaban J connectivity index is 2.65. The van der Waals surface area contributed by atoms with E-state index in [1.165, 1.54) is 24.3 Å². The summed E-state index contributed by atoms with van der Waals surface area (Å²) in [4.78, 5) is 21.9. The summed E-state index contributed by atoms with van der Waals surface area (Å²) in [5, 5.41) is 2.53. The molecule has 1 unspecified atom stereocenters. The zero-order valence-electron chi connectivity index (χ0n) is 8.37. The lowest BCUT2D eigenvalue weighted by Crippen LogP contribution is -2.23. The first-order valence-electron chi connectivity index (χ1n) is 4.69. The highest BCUT2D eigenvalue weighted by atomic mass is 19.1. The van der Waals surface area contributed by atoms with Crippen LogP contribution in [0.4, 0.5) is 10.1 Å². The molecule has 0 fully saturated rings. The van der Waals surface area contributed by atoms with Crippen LogP contribution >= 0.6 is 0 Å². The van der Waals surface area contributed by atoms with Crippen LogP contribution in [0.3, 0.4) is 0 Å². The van der Waals surface area contributed by atoms with E-state index < -0.39 is 5.92 Å². The van der Waals surface area contributed by atoms with Gasteiger partial charge >= 0.3 is 0 Å². The number of rotatable bonds is 4. The third-order valence-electron chi connectivity index (χ3n) is 2.05. The fraction of sp³-hybridized carbons (Fsp3) is 0.273. The van der Waals surface area contributed by atoms with Gasteiger partial charge in [-0.3, -0.25) is 4.79 Å². The Hall–Kier alpha value is -1.71. The monoisotopic (exact) mass is 209 g/mol. The second-order valence-electron chi connectivity index (χ2n) is 3.15. The number of hydrogen-bond acceptors (Lipinski definition) is 2. The normalized spacial score (nSPS) is 11.9. The summed E-state index contributed by atoms with van der Waals surface area (Å²) in [6.07, 6.45) is 1.06. The maximum atomic E-state index is 12.5. The first kappa shape index (κ1) is 11.4. The number of halogens is 1. The van der Waals surface area contributed by atoms with Crippen LogP contribution in [-0.2, 0) is 9.59 Å². The molecular formula is C11H12FNO2. The molecule has 1 rings (SSSR count). The van der Waals surface area contributed by atoms with E-state index in [4.69, 9.17) is 0 Å². The highest BCUT2D eigenvalue weighted by Gasteiger charge is 2.14. The fourth-order valence-corrected chi connectivity index (χ4v) is 1.11. The van der Waals surface area contributed by atoms with Gasteiger partial charge in [-0.25, -0.2) is 4.39 Å². The molecule has 15 heavy (non-hydrogen) atoms. The first-order valence-corrected chi connectivity index (χ1v) is 4.69. The third-order valence-corrected chi connectivity index (χ3v) is 2.05. The van der Waals surface area contributed by atoms with E-state index in [-0.39, 0.29) is 11.7 Å². The molecule has 3 nitrogen and oxygen atoms in total. The van der Waals surface area contributed by atoms with Gasteiger partial charge in [0, 0.05) is 5.69 Å². The van der Waals surface area contributed by atoms with Gasteiger partial charge in [-0.1, -0.05) is 6.92 Å². The Morgan fingerprint density at radius 1 is 1.47 bits per heavy atom. The van der Waals surface area contributed by atoms with Crippen molar-refractivity contribution in [1.29, 1.82) is 0 Å². The molecule has 4 heteroatoms.